The molecule has 27 heavy (non-hydrogen) atoms. The van der Waals surface area contributed by atoms with E-state index >= 15 is 0 Å². The standard InChI is InChI=1S/C22H27N3O2/c1-3-16(2)14-21(26)23-19-8-10-20(11-9-19)24-22(27)25-13-12-17-6-4-5-7-18(17)15-25/h4-11,16H,3,12-15H2,1-2H3,(H,23,26)(H,24,27)/t16-/m0/s1. The lowest BCUT2D eigenvalue weighted by atomic mass is 10.0. The van der Waals surface area contributed by atoms with Crippen LogP contribution in [0.4, 0.5) is 16.2 Å². The van der Waals surface area contributed by atoms with Gasteiger partial charge in [0.2, 0.25) is 5.91 Å². The molecule has 0 aliphatic carbocycles. The van der Waals surface area contributed by atoms with Crippen LogP contribution >= 0.6 is 0 Å². The summed E-state index contributed by atoms with van der Waals surface area (Å²) in [5.74, 6) is 0.395. The summed E-state index contributed by atoms with van der Waals surface area (Å²) in [6, 6.07) is 15.4. The summed E-state index contributed by atoms with van der Waals surface area (Å²) >= 11 is 0. The maximum absolute atomic E-state index is 12.5. The molecule has 0 saturated heterocycles. The highest BCUT2D eigenvalue weighted by atomic mass is 16.2. The van der Waals surface area contributed by atoms with Crippen LogP contribution in [-0.2, 0) is 17.8 Å². The van der Waals surface area contributed by atoms with Crippen LogP contribution in [0.25, 0.3) is 0 Å². The molecular weight excluding hydrogens is 338 g/mol. The van der Waals surface area contributed by atoms with E-state index in [9.17, 15) is 9.59 Å². The second kappa shape index (κ2) is 8.71. The first-order chi connectivity index (χ1) is 13.0. The zero-order valence-corrected chi connectivity index (χ0v) is 16.0. The summed E-state index contributed by atoms with van der Waals surface area (Å²) in [7, 11) is 0. The van der Waals surface area contributed by atoms with Crippen molar-refractivity contribution in [2.75, 3.05) is 17.2 Å². The van der Waals surface area contributed by atoms with Crippen molar-refractivity contribution < 1.29 is 9.59 Å². The number of anilines is 2. The lowest BCUT2D eigenvalue weighted by molar-refractivity contribution is -0.117. The van der Waals surface area contributed by atoms with Crippen LogP contribution in [0.1, 0.15) is 37.8 Å². The molecule has 1 aliphatic heterocycles. The molecule has 0 saturated carbocycles. The first kappa shape index (κ1) is 19.0. The first-order valence-corrected chi connectivity index (χ1v) is 9.57. The second-order valence-electron chi connectivity index (χ2n) is 7.21. The van der Waals surface area contributed by atoms with Crippen LogP contribution in [0, 0.1) is 5.92 Å². The Kier molecular flexibility index (Phi) is 6.12. The Hall–Kier alpha value is -2.82. The number of urea groups is 1. The van der Waals surface area contributed by atoms with Crippen molar-refractivity contribution in [3.05, 3.63) is 59.7 Å². The Bertz CT molecular complexity index is 801. The summed E-state index contributed by atoms with van der Waals surface area (Å²) in [5.41, 5.74) is 3.99. The van der Waals surface area contributed by atoms with Crippen LogP contribution in [-0.4, -0.2) is 23.4 Å². The van der Waals surface area contributed by atoms with E-state index in [0.29, 0.717) is 25.4 Å². The summed E-state index contributed by atoms with van der Waals surface area (Å²) in [4.78, 5) is 26.3. The number of carbonyl (C=O) groups excluding carboxylic acids is 2. The van der Waals surface area contributed by atoms with Gasteiger partial charge in [-0.15, -0.1) is 0 Å². The normalized spacial score (nSPS) is 14.2. The predicted octanol–water partition coefficient (Wildman–Crippen LogP) is 4.65. The molecule has 2 N–H and O–H groups in total. The molecule has 5 heteroatoms. The molecule has 142 valence electrons. The van der Waals surface area contributed by atoms with Crippen molar-refractivity contribution in [1.29, 1.82) is 0 Å². The molecule has 0 unspecified atom stereocenters. The zero-order chi connectivity index (χ0) is 19.2. The predicted molar refractivity (Wildman–Crippen MR) is 109 cm³/mol. The van der Waals surface area contributed by atoms with Gasteiger partial charge in [0.15, 0.2) is 0 Å². The fourth-order valence-corrected chi connectivity index (χ4v) is 3.18. The third-order valence-corrected chi connectivity index (χ3v) is 5.07. The number of carbonyl (C=O) groups is 2. The van der Waals surface area contributed by atoms with Gasteiger partial charge in [0.1, 0.15) is 0 Å². The molecule has 2 aromatic rings. The largest absolute Gasteiger partial charge is 0.326 e. The van der Waals surface area contributed by atoms with E-state index in [0.717, 1.165) is 24.2 Å². The molecule has 1 heterocycles. The summed E-state index contributed by atoms with van der Waals surface area (Å²) < 4.78 is 0. The van der Waals surface area contributed by atoms with Gasteiger partial charge in [-0.1, -0.05) is 44.5 Å². The molecule has 0 spiro atoms. The molecule has 1 aliphatic rings. The molecule has 3 amide bonds. The highest BCUT2D eigenvalue weighted by Crippen LogP contribution is 2.20. The van der Waals surface area contributed by atoms with Crippen molar-refractivity contribution in [3.63, 3.8) is 0 Å². The molecule has 0 bridgehead atoms. The first-order valence-electron chi connectivity index (χ1n) is 9.57. The number of nitrogens with one attached hydrogen (secondary N) is 2. The van der Waals surface area contributed by atoms with Crippen molar-refractivity contribution in [1.82, 2.24) is 4.90 Å². The number of hydrogen-bond donors (Lipinski definition) is 2. The average Bonchev–Trinajstić information content (AvgIpc) is 2.68. The fourth-order valence-electron chi connectivity index (χ4n) is 3.18. The minimum Gasteiger partial charge on any atom is -0.326 e. The minimum absolute atomic E-state index is 0.0214. The molecule has 5 nitrogen and oxygen atoms in total. The van der Waals surface area contributed by atoms with Gasteiger partial charge in [0.25, 0.3) is 0 Å². The highest BCUT2D eigenvalue weighted by Gasteiger charge is 2.20. The molecule has 1 atom stereocenters. The van der Waals surface area contributed by atoms with E-state index in [1.54, 1.807) is 0 Å². The highest BCUT2D eigenvalue weighted by molar-refractivity contribution is 5.92. The van der Waals surface area contributed by atoms with Crippen molar-refractivity contribution in [2.45, 2.75) is 39.7 Å². The van der Waals surface area contributed by atoms with Gasteiger partial charge < -0.3 is 15.5 Å². The quantitative estimate of drug-likeness (QED) is 0.810. The number of amides is 3. The summed E-state index contributed by atoms with van der Waals surface area (Å²) in [6.07, 6.45) is 2.38. The maximum Gasteiger partial charge on any atom is 0.322 e. The molecule has 0 aromatic heterocycles. The third-order valence-electron chi connectivity index (χ3n) is 5.07. The van der Waals surface area contributed by atoms with E-state index in [4.69, 9.17) is 0 Å². The van der Waals surface area contributed by atoms with Gasteiger partial charge >= 0.3 is 6.03 Å². The SMILES string of the molecule is CC[C@H](C)CC(=O)Nc1ccc(NC(=O)N2CCc3ccccc3C2)cc1. The minimum atomic E-state index is -0.0990. The Balaban J connectivity index is 1.54. The topological polar surface area (TPSA) is 61.4 Å². The van der Waals surface area contributed by atoms with Gasteiger partial charge in [-0.2, -0.15) is 0 Å². The number of fused-ring (bicyclic) bond motifs is 1. The van der Waals surface area contributed by atoms with Crippen LogP contribution in [0.2, 0.25) is 0 Å². The van der Waals surface area contributed by atoms with Gasteiger partial charge in [-0.05, 0) is 47.7 Å². The van der Waals surface area contributed by atoms with Gasteiger partial charge in [-0.25, -0.2) is 4.79 Å². The van der Waals surface area contributed by atoms with E-state index in [2.05, 4.69) is 36.6 Å². The molecule has 2 aromatic carbocycles. The fraction of sp³-hybridized carbons (Fsp3) is 0.364. The molecule has 0 fully saturated rings. The van der Waals surface area contributed by atoms with E-state index in [-0.39, 0.29) is 11.9 Å². The summed E-state index contributed by atoms with van der Waals surface area (Å²) in [6.45, 7) is 5.49. The Morgan fingerprint density at radius 3 is 2.30 bits per heavy atom. The lowest BCUT2D eigenvalue weighted by Gasteiger charge is -2.29. The van der Waals surface area contributed by atoms with E-state index in [1.807, 2.05) is 41.3 Å². The molecule has 3 rings (SSSR count). The van der Waals surface area contributed by atoms with Gasteiger partial charge in [0, 0.05) is 30.9 Å². The Morgan fingerprint density at radius 2 is 1.63 bits per heavy atom. The Morgan fingerprint density at radius 1 is 1.00 bits per heavy atom. The van der Waals surface area contributed by atoms with Crippen LogP contribution in [0.5, 0.6) is 0 Å². The number of rotatable bonds is 5. The smallest absolute Gasteiger partial charge is 0.322 e. The van der Waals surface area contributed by atoms with Crippen LogP contribution in [0.3, 0.4) is 0 Å². The van der Waals surface area contributed by atoms with E-state index < -0.39 is 0 Å². The Labute approximate surface area is 160 Å². The number of hydrogen-bond acceptors (Lipinski definition) is 2. The van der Waals surface area contributed by atoms with E-state index in [1.165, 1.54) is 11.1 Å². The second-order valence-corrected chi connectivity index (χ2v) is 7.21. The zero-order valence-electron chi connectivity index (χ0n) is 16.0. The van der Waals surface area contributed by atoms with Crippen LogP contribution in [0.15, 0.2) is 48.5 Å². The maximum atomic E-state index is 12.5. The molecule has 0 radical (unpaired) electrons. The van der Waals surface area contributed by atoms with Crippen molar-refractivity contribution in [3.8, 4) is 0 Å². The number of nitrogens with zero attached hydrogens (tertiary/aromatic N) is 1. The third kappa shape index (κ3) is 5.09. The van der Waals surface area contributed by atoms with Gasteiger partial charge in [0.05, 0.1) is 0 Å². The van der Waals surface area contributed by atoms with Gasteiger partial charge in [-0.3, -0.25) is 4.79 Å². The molecular formula is C22H27N3O2. The monoisotopic (exact) mass is 365 g/mol. The van der Waals surface area contributed by atoms with Crippen molar-refractivity contribution >= 4 is 23.3 Å². The summed E-state index contributed by atoms with van der Waals surface area (Å²) in [5, 5.41) is 5.84. The average molecular weight is 365 g/mol. The van der Waals surface area contributed by atoms with Crippen molar-refractivity contribution in [2.24, 2.45) is 5.92 Å². The number of benzene rings is 2. The lowest BCUT2D eigenvalue weighted by Crippen LogP contribution is -2.38. The van der Waals surface area contributed by atoms with Crippen LogP contribution < -0.4 is 10.6 Å².